The third kappa shape index (κ3) is 3.45. The van der Waals surface area contributed by atoms with Crippen LogP contribution >= 0.6 is 0 Å². The molecule has 0 aromatic heterocycles. The molecule has 2 aromatic rings. The van der Waals surface area contributed by atoms with Crippen molar-refractivity contribution in [3.8, 4) is 0 Å². The SMILES string of the molecule is Cc1ccccc1C1=NO[C@H](CN(C)C(=O)c2cccc(F)c2)C1. The van der Waals surface area contributed by atoms with E-state index < -0.39 is 5.82 Å². The van der Waals surface area contributed by atoms with Gasteiger partial charge in [-0.2, -0.15) is 0 Å². The van der Waals surface area contributed by atoms with Crippen molar-refractivity contribution in [2.45, 2.75) is 19.4 Å². The molecule has 0 unspecified atom stereocenters. The molecule has 2 aromatic carbocycles. The smallest absolute Gasteiger partial charge is 0.253 e. The van der Waals surface area contributed by atoms with Crippen LogP contribution in [0.4, 0.5) is 4.39 Å². The molecule has 1 amide bonds. The summed E-state index contributed by atoms with van der Waals surface area (Å²) in [6.07, 6.45) is 0.452. The fraction of sp³-hybridized carbons (Fsp3) is 0.263. The second-order valence-corrected chi connectivity index (χ2v) is 5.98. The topological polar surface area (TPSA) is 41.9 Å². The van der Waals surface area contributed by atoms with Crippen LogP contribution < -0.4 is 0 Å². The van der Waals surface area contributed by atoms with Crippen LogP contribution in [0.25, 0.3) is 0 Å². The minimum atomic E-state index is -0.420. The number of hydrogen-bond acceptors (Lipinski definition) is 3. The van der Waals surface area contributed by atoms with E-state index in [-0.39, 0.29) is 12.0 Å². The number of nitrogens with zero attached hydrogens (tertiary/aromatic N) is 2. The van der Waals surface area contributed by atoms with E-state index >= 15 is 0 Å². The van der Waals surface area contributed by atoms with E-state index in [2.05, 4.69) is 5.16 Å². The maximum Gasteiger partial charge on any atom is 0.253 e. The molecule has 1 heterocycles. The molecular weight excluding hydrogens is 307 g/mol. The molecule has 0 radical (unpaired) electrons. The van der Waals surface area contributed by atoms with Gasteiger partial charge >= 0.3 is 0 Å². The summed E-state index contributed by atoms with van der Waals surface area (Å²) in [6.45, 7) is 2.43. The zero-order valence-corrected chi connectivity index (χ0v) is 13.7. The van der Waals surface area contributed by atoms with Gasteiger partial charge in [0.05, 0.1) is 12.3 Å². The van der Waals surface area contributed by atoms with Crippen molar-refractivity contribution < 1.29 is 14.0 Å². The predicted octanol–water partition coefficient (Wildman–Crippen LogP) is 3.40. The van der Waals surface area contributed by atoms with Gasteiger partial charge in [0, 0.05) is 24.6 Å². The molecule has 24 heavy (non-hydrogen) atoms. The van der Waals surface area contributed by atoms with Gasteiger partial charge < -0.3 is 9.74 Å². The Morgan fingerprint density at radius 2 is 2.08 bits per heavy atom. The Morgan fingerprint density at radius 3 is 2.83 bits per heavy atom. The number of likely N-dealkylation sites (N-methyl/N-ethyl adjacent to an activating group) is 1. The summed E-state index contributed by atoms with van der Waals surface area (Å²) in [5.41, 5.74) is 3.43. The summed E-state index contributed by atoms with van der Waals surface area (Å²) in [7, 11) is 1.68. The molecular formula is C19H19FN2O2. The van der Waals surface area contributed by atoms with Gasteiger partial charge in [-0.25, -0.2) is 4.39 Å². The van der Waals surface area contributed by atoms with Gasteiger partial charge in [0.2, 0.25) is 0 Å². The van der Waals surface area contributed by atoms with E-state index in [1.807, 2.05) is 31.2 Å². The third-order valence-electron chi connectivity index (χ3n) is 4.08. The Bertz CT molecular complexity index is 788. The molecule has 0 saturated heterocycles. The Morgan fingerprint density at radius 1 is 1.29 bits per heavy atom. The number of benzene rings is 2. The molecule has 3 rings (SSSR count). The fourth-order valence-corrected chi connectivity index (χ4v) is 2.81. The van der Waals surface area contributed by atoms with Crippen LogP contribution in [0, 0.1) is 12.7 Å². The van der Waals surface area contributed by atoms with Crippen LogP contribution in [-0.4, -0.2) is 36.2 Å². The van der Waals surface area contributed by atoms with E-state index in [1.54, 1.807) is 13.1 Å². The minimum Gasteiger partial charge on any atom is -0.390 e. The van der Waals surface area contributed by atoms with Gasteiger partial charge in [0.15, 0.2) is 6.10 Å². The average Bonchev–Trinajstić information content (AvgIpc) is 3.02. The summed E-state index contributed by atoms with van der Waals surface area (Å²) in [4.78, 5) is 19.4. The molecule has 0 bridgehead atoms. The number of amides is 1. The van der Waals surface area contributed by atoms with Gasteiger partial charge in [-0.05, 0) is 30.7 Å². The number of aryl methyl sites for hydroxylation is 1. The maximum absolute atomic E-state index is 13.3. The lowest BCUT2D eigenvalue weighted by molar-refractivity contribution is 0.0482. The number of hydrogen-bond donors (Lipinski definition) is 0. The lowest BCUT2D eigenvalue weighted by atomic mass is 10.0. The van der Waals surface area contributed by atoms with Crippen LogP contribution in [0.2, 0.25) is 0 Å². The van der Waals surface area contributed by atoms with Crippen molar-refractivity contribution in [2.24, 2.45) is 5.16 Å². The number of oxime groups is 1. The zero-order chi connectivity index (χ0) is 17.1. The lowest BCUT2D eigenvalue weighted by Crippen LogP contribution is -2.34. The van der Waals surface area contributed by atoms with Crippen molar-refractivity contribution in [3.05, 3.63) is 71.0 Å². The third-order valence-corrected chi connectivity index (χ3v) is 4.08. The highest BCUT2D eigenvalue weighted by Gasteiger charge is 2.26. The molecule has 5 heteroatoms. The van der Waals surface area contributed by atoms with Crippen LogP contribution in [0.5, 0.6) is 0 Å². The van der Waals surface area contributed by atoms with E-state index in [4.69, 9.17) is 4.84 Å². The van der Waals surface area contributed by atoms with Gasteiger partial charge in [-0.3, -0.25) is 4.79 Å². The Labute approximate surface area is 140 Å². The van der Waals surface area contributed by atoms with Gasteiger partial charge in [0.1, 0.15) is 5.82 Å². The van der Waals surface area contributed by atoms with E-state index in [9.17, 15) is 9.18 Å². The van der Waals surface area contributed by atoms with Crippen molar-refractivity contribution in [1.82, 2.24) is 4.90 Å². The van der Waals surface area contributed by atoms with E-state index in [0.717, 1.165) is 16.8 Å². The standard InChI is InChI=1S/C19H19FN2O2/c1-13-6-3-4-9-17(13)18-11-16(24-21-18)12-22(2)19(23)14-7-5-8-15(20)10-14/h3-10,16H,11-12H2,1-2H3/t16-/m0/s1. The quantitative estimate of drug-likeness (QED) is 0.864. The Balaban J connectivity index is 1.62. The Hall–Kier alpha value is -2.69. The lowest BCUT2D eigenvalue weighted by Gasteiger charge is -2.20. The molecule has 1 atom stereocenters. The second-order valence-electron chi connectivity index (χ2n) is 5.98. The zero-order valence-electron chi connectivity index (χ0n) is 13.7. The highest BCUT2D eigenvalue weighted by Crippen LogP contribution is 2.20. The first-order valence-electron chi connectivity index (χ1n) is 7.84. The fourth-order valence-electron chi connectivity index (χ4n) is 2.81. The van der Waals surface area contributed by atoms with Crippen molar-refractivity contribution >= 4 is 11.6 Å². The average molecular weight is 326 g/mol. The first-order valence-corrected chi connectivity index (χ1v) is 7.84. The van der Waals surface area contributed by atoms with E-state index in [0.29, 0.717) is 18.5 Å². The summed E-state index contributed by atoms with van der Waals surface area (Å²) in [5.74, 6) is -0.654. The molecule has 4 nitrogen and oxygen atoms in total. The number of rotatable bonds is 4. The maximum atomic E-state index is 13.3. The molecule has 124 valence electrons. The molecule has 0 N–H and O–H groups in total. The molecule has 1 aliphatic rings. The monoisotopic (exact) mass is 326 g/mol. The van der Waals surface area contributed by atoms with Crippen LogP contribution in [0.15, 0.2) is 53.7 Å². The van der Waals surface area contributed by atoms with Gasteiger partial charge in [-0.1, -0.05) is 35.5 Å². The summed E-state index contributed by atoms with van der Waals surface area (Å²) < 4.78 is 13.3. The van der Waals surface area contributed by atoms with Crippen molar-refractivity contribution in [2.75, 3.05) is 13.6 Å². The second kappa shape index (κ2) is 6.83. The summed E-state index contributed by atoms with van der Waals surface area (Å²) in [5, 5.41) is 4.17. The van der Waals surface area contributed by atoms with Crippen LogP contribution in [0.1, 0.15) is 27.9 Å². The first-order chi connectivity index (χ1) is 11.5. The highest BCUT2D eigenvalue weighted by atomic mass is 19.1. The van der Waals surface area contributed by atoms with Crippen LogP contribution in [0.3, 0.4) is 0 Å². The number of carbonyl (C=O) groups is 1. The summed E-state index contributed by atoms with van der Waals surface area (Å²) in [6, 6.07) is 13.7. The highest BCUT2D eigenvalue weighted by molar-refractivity contribution is 6.02. The Kier molecular flexibility index (Phi) is 4.60. The molecule has 1 aliphatic heterocycles. The van der Waals surface area contributed by atoms with E-state index in [1.165, 1.54) is 23.1 Å². The summed E-state index contributed by atoms with van der Waals surface area (Å²) >= 11 is 0. The molecule has 0 saturated carbocycles. The van der Waals surface area contributed by atoms with Gasteiger partial charge in [0.25, 0.3) is 5.91 Å². The molecule has 0 aliphatic carbocycles. The predicted molar refractivity (Wildman–Crippen MR) is 90.6 cm³/mol. The molecule has 0 spiro atoms. The normalized spacial score (nSPS) is 16.5. The number of halogens is 1. The van der Waals surface area contributed by atoms with Gasteiger partial charge in [-0.15, -0.1) is 0 Å². The van der Waals surface area contributed by atoms with Crippen LogP contribution in [-0.2, 0) is 4.84 Å². The van der Waals surface area contributed by atoms with Crippen molar-refractivity contribution in [3.63, 3.8) is 0 Å². The largest absolute Gasteiger partial charge is 0.390 e. The minimum absolute atomic E-state index is 0.192. The van der Waals surface area contributed by atoms with Crippen molar-refractivity contribution in [1.29, 1.82) is 0 Å². The first kappa shape index (κ1) is 16.2. The number of carbonyl (C=O) groups excluding carboxylic acids is 1. The molecule has 0 fully saturated rings.